The van der Waals surface area contributed by atoms with Crippen LogP contribution in [0, 0.1) is 10.1 Å². The lowest BCUT2D eigenvalue weighted by atomic mass is 9.96. The number of aliphatic hydroxyl groups excluding tert-OH is 1. The summed E-state index contributed by atoms with van der Waals surface area (Å²) in [5.41, 5.74) is 1.01. The molecule has 5 rings (SSSR count). The Morgan fingerprint density at radius 2 is 1.91 bits per heavy atom. The molecule has 1 saturated heterocycles. The first-order chi connectivity index (χ1) is 16.3. The standard InChI is InChI=1S/C23H13ClN4O5S/c24-14-5-3-12(4-6-14)20(29)18-19(13-2-1-9-25-11-13)27(22(31)21(18)30)23-26-16-8-7-15(28(32)33)10-17(16)34-23/h1-11,19,29H/b20-18+. The van der Waals surface area contributed by atoms with Crippen molar-refractivity contribution in [2.75, 3.05) is 4.90 Å². The molecular formula is C23H13ClN4O5S. The van der Waals surface area contributed by atoms with Crippen molar-refractivity contribution in [3.05, 3.63) is 98.8 Å². The number of non-ortho nitro benzene ring substituents is 1. The molecule has 0 spiro atoms. The van der Waals surface area contributed by atoms with Gasteiger partial charge in [-0.05, 0) is 42.0 Å². The molecule has 0 bridgehead atoms. The zero-order valence-electron chi connectivity index (χ0n) is 17.1. The van der Waals surface area contributed by atoms with E-state index < -0.39 is 22.7 Å². The molecule has 3 heterocycles. The van der Waals surface area contributed by atoms with Crippen LogP contribution < -0.4 is 4.90 Å². The average Bonchev–Trinajstić information content (AvgIpc) is 3.37. The fourth-order valence-corrected chi connectivity index (χ4v) is 4.92. The number of thiazole rings is 1. The quantitative estimate of drug-likeness (QED) is 0.141. The second kappa shape index (κ2) is 8.32. The number of fused-ring (bicyclic) bond motifs is 1. The predicted octanol–water partition coefficient (Wildman–Crippen LogP) is 4.88. The van der Waals surface area contributed by atoms with Crippen molar-refractivity contribution >= 4 is 61.4 Å². The van der Waals surface area contributed by atoms with E-state index in [0.29, 0.717) is 26.4 Å². The molecule has 1 unspecified atom stereocenters. The van der Waals surface area contributed by atoms with Crippen molar-refractivity contribution in [3.8, 4) is 0 Å². The van der Waals surface area contributed by atoms with Crippen LogP contribution in [0.1, 0.15) is 17.2 Å². The number of ketones is 1. The summed E-state index contributed by atoms with van der Waals surface area (Å²) in [6, 6.07) is 12.7. The maximum absolute atomic E-state index is 13.2. The predicted molar refractivity (Wildman–Crippen MR) is 127 cm³/mol. The monoisotopic (exact) mass is 492 g/mol. The molecule has 11 heteroatoms. The number of anilines is 1. The van der Waals surface area contributed by atoms with E-state index in [9.17, 15) is 24.8 Å². The van der Waals surface area contributed by atoms with Gasteiger partial charge in [0.25, 0.3) is 11.5 Å². The molecule has 9 nitrogen and oxygen atoms in total. The zero-order valence-corrected chi connectivity index (χ0v) is 18.7. The number of carbonyl (C=O) groups excluding carboxylic acids is 2. The van der Waals surface area contributed by atoms with Crippen molar-refractivity contribution < 1.29 is 19.6 Å². The van der Waals surface area contributed by atoms with Gasteiger partial charge in [-0.1, -0.05) is 29.0 Å². The highest BCUT2D eigenvalue weighted by Gasteiger charge is 2.48. The molecule has 1 aliphatic heterocycles. The number of pyridine rings is 1. The van der Waals surface area contributed by atoms with Crippen molar-refractivity contribution in [2.24, 2.45) is 0 Å². The number of rotatable bonds is 4. The Balaban J connectivity index is 1.70. The van der Waals surface area contributed by atoms with Crippen molar-refractivity contribution in [1.29, 1.82) is 0 Å². The number of hydrogen-bond donors (Lipinski definition) is 1. The third kappa shape index (κ3) is 3.58. The van der Waals surface area contributed by atoms with Crippen LogP contribution >= 0.6 is 22.9 Å². The number of aromatic nitrogens is 2. The van der Waals surface area contributed by atoms with Crippen LogP contribution in [-0.2, 0) is 9.59 Å². The number of amides is 1. The Bertz CT molecular complexity index is 1500. The first-order valence-corrected chi connectivity index (χ1v) is 11.1. The molecule has 2 aromatic carbocycles. The lowest BCUT2D eigenvalue weighted by Gasteiger charge is -2.22. The first-order valence-electron chi connectivity index (χ1n) is 9.87. The van der Waals surface area contributed by atoms with Crippen molar-refractivity contribution in [3.63, 3.8) is 0 Å². The summed E-state index contributed by atoms with van der Waals surface area (Å²) in [5, 5.41) is 22.8. The van der Waals surface area contributed by atoms with Gasteiger partial charge in [0.15, 0.2) is 5.13 Å². The van der Waals surface area contributed by atoms with Gasteiger partial charge in [-0.2, -0.15) is 0 Å². The number of hydrogen-bond acceptors (Lipinski definition) is 8. The number of nitro groups is 1. The molecule has 1 amide bonds. The molecule has 168 valence electrons. The summed E-state index contributed by atoms with van der Waals surface area (Å²) >= 11 is 6.98. The van der Waals surface area contributed by atoms with Gasteiger partial charge < -0.3 is 5.11 Å². The van der Waals surface area contributed by atoms with Gasteiger partial charge in [0.05, 0.1) is 26.8 Å². The van der Waals surface area contributed by atoms with Gasteiger partial charge in [0.2, 0.25) is 0 Å². The summed E-state index contributed by atoms with van der Waals surface area (Å²) in [5.74, 6) is -2.12. The molecule has 4 aromatic rings. The van der Waals surface area contributed by atoms with Crippen LogP contribution in [-0.4, -0.2) is 31.7 Å². The maximum Gasteiger partial charge on any atom is 0.301 e. The van der Waals surface area contributed by atoms with E-state index in [1.165, 1.54) is 29.3 Å². The van der Waals surface area contributed by atoms with Crippen LogP contribution in [0.2, 0.25) is 5.02 Å². The molecule has 1 atom stereocenters. The highest BCUT2D eigenvalue weighted by atomic mass is 35.5. The van der Waals surface area contributed by atoms with Crippen LogP contribution in [0.5, 0.6) is 0 Å². The lowest BCUT2D eigenvalue weighted by Crippen LogP contribution is -2.29. The second-order valence-electron chi connectivity index (χ2n) is 7.37. The topological polar surface area (TPSA) is 127 Å². The summed E-state index contributed by atoms with van der Waals surface area (Å²) in [7, 11) is 0. The van der Waals surface area contributed by atoms with E-state index in [1.807, 2.05) is 0 Å². The molecule has 1 aliphatic rings. The van der Waals surface area contributed by atoms with Gasteiger partial charge in [0, 0.05) is 35.1 Å². The van der Waals surface area contributed by atoms with E-state index in [1.54, 1.807) is 42.6 Å². The maximum atomic E-state index is 13.2. The van der Waals surface area contributed by atoms with Gasteiger partial charge in [-0.15, -0.1) is 0 Å². The lowest BCUT2D eigenvalue weighted by molar-refractivity contribution is -0.384. The molecular weight excluding hydrogens is 480 g/mol. The Kier molecular flexibility index (Phi) is 5.31. The fourth-order valence-electron chi connectivity index (χ4n) is 3.76. The van der Waals surface area contributed by atoms with E-state index >= 15 is 0 Å². The number of benzene rings is 2. The Morgan fingerprint density at radius 1 is 1.15 bits per heavy atom. The van der Waals surface area contributed by atoms with Gasteiger partial charge in [-0.3, -0.25) is 29.6 Å². The molecule has 1 fully saturated rings. The van der Waals surface area contributed by atoms with E-state index in [-0.39, 0.29) is 22.2 Å². The highest BCUT2D eigenvalue weighted by Crippen LogP contribution is 2.44. The highest BCUT2D eigenvalue weighted by molar-refractivity contribution is 7.22. The zero-order chi connectivity index (χ0) is 24.0. The van der Waals surface area contributed by atoms with Gasteiger partial charge in [0.1, 0.15) is 5.76 Å². The number of halogens is 1. The third-order valence-electron chi connectivity index (χ3n) is 5.34. The molecule has 1 N–H and O–H groups in total. The van der Waals surface area contributed by atoms with E-state index in [0.717, 1.165) is 11.3 Å². The number of carbonyl (C=O) groups is 2. The molecule has 0 aliphatic carbocycles. The Labute approximate surface area is 200 Å². The van der Waals surface area contributed by atoms with Crippen LogP contribution in [0.4, 0.5) is 10.8 Å². The number of nitro benzene ring substituents is 1. The minimum atomic E-state index is -1.00. The van der Waals surface area contributed by atoms with Crippen molar-refractivity contribution in [2.45, 2.75) is 6.04 Å². The summed E-state index contributed by atoms with van der Waals surface area (Å²) in [6.07, 6.45) is 3.04. The third-order valence-corrected chi connectivity index (χ3v) is 6.61. The molecule has 0 radical (unpaired) electrons. The molecule has 2 aromatic heterocycles. The van der Waals surface area contributed by atoms with Crippen LogP contribution in [0.25, 0.3) is 16.0 Å². The Morgan fingerprint density at radius 3 is 2.59 bits per heavy atom. The van der Waals surface area contributed by atoms with Gasteiger partial charge in [-0.25, -0.2) is 4.98 Å². The minimum absolute atomic E-state index is 0.115. The smallest absolute Gasteiger partial charge is 0.301 e. The Hall–Kier alpha value is -4.15. The van der Waals surface area contributed by atoms with Crippen LogP contribution in [0.3, 0.4) is 0 Å². The minimum Gasteiger partial charge on any atom is -0.507 e. The molecule has 0 saturated carbocycles. The van der Waals surface area contributed by atoms with E-state index in [2.05, 4.69) is 9.97 Å². The molecule has 34 heavy (non-hydrogen) atoms. The largest absolute Gasteiger partial charge is 0.507 e. The van der Waals surface area contributed by atoms with Crippen LogP contribution in [0.15, 0.2) is 72.6 Å². The normalized spacial score (nSPS) is 17.4. The van der Waals surface area contributed by atoms with Crippen molar-refractivity contribution in [1.82, 2.24) is 9.97 Å². The van der Waals surface area contributed by atoms with Gasteiger partial charge >= 0.3 is 5.91 Å². The fraction of sp³-hybridized carbons (Fsp3) is 0.0435. The summed E-state index contributed by atoms with van der Waals surface area (Å²) in [6.45, 7) is 0. The number of Topliss-reactive ketones (excluding diaryl/α,β-unsaturated/α-hetero) is 1. The summed E-state index contributed by atoms with van der Waals surface area (Å²) in [4.78, 5) is 46.7. The SMILES string of the molecule is O=C1C(=O)N(c2nc3ccc([N+](=O)[O-])cc3s2)C(c2cccnc2)/C1=C(\O)c1ccc(Cl)cc1. The number of aliphatic hydroxyl groups is 1. The first kappa shape index (κ1) is 21.7. The summed E-state index contributed by atoms with van der Waals surface area (Å²) < 4.78 is 0.480. The second-order valence-corrected chi connectivity index (χ2v) is 8.81. The number of nitrogens with zero attached hydrogens (tertiary/aromatic N) is 4. The average molecular weight is 493 g/mol. The van der Waals surface area contributed by atoms with E-state index in [4.69, 9.17) is 11.6 Å².